The van der Waals surface area contributed by atoms with E-state index in [4.69, 9.17) is 4.74 Å². The Labute approximate surface area is 102 Å². The fourth-order valence-corrected chi connectivity index (χ4v) is 2.61. The first-order valence-electron chi connectivity index (χ1n) is 6.39. The van der Waals surface area contributed by atoms with E-state index in [0.29, 0.717) is 11.8 Å². The van der Waals surface area contributed by atoms with Gasteiger partial charge in [0.1, 0.15) is 5.75 Å². The first kappa shape index (κ1) is 10.6. The van der Waals surface area contributed by atoms with Crippen molar-refractivity contribution in [1.82, 2.24) is 0 Å². The summed E-state index contributed by atoms with van der Waals surface area (Å²) >= 11 is 0. The van der Waals surface area contributed by atoms with Crippen molar-refractivity contribution in [2.45, 2.75) is 20.3 Å². The highest BCUT2D eigenvalue weighted by atomic mass is 16.5. The minimum absolute atomic E-state index is 0.647. The Morgan fingerprint density at radius 1 is 1.12 bits per heavy atom. The number of ether oxygens (including phenoxy) is 1. The average Bonchev–Trinajstić information content (AvgIpc) is 2.38. The molecule has 0 amide bonds. The van der Waals surface area contributed by atoms with E-state index < -0.39 is 0 Å². The van der Waals surface area contributed by atoms with Gasteiger partial charge >= 0.3 is 0 Å². The molecule has 1 atom stereocenters. The molecular weight excluding hydrogens is 208 g/mol. The summed E-state index contributed by atoms with van der Waals surface area (Å²) < 4.78 is 5.91. The van der Waals surface area contributed by atoms with Crippen LogP contribution in [0.1, 0.15) is 19.4 Å². The molecule has 0 N–H and O–H groups in total. The molecule has 88 valence electrons. The molecule has 0 aliphatic carbocycles. The van der Waals surface area contributed by atoms with Crippen LogP contribution < -0.4 is 4.74 Å². The van der Waals surface area contributed by atoms with Crippen LogP contribution in [0.15, 0.2) is 36.4 Å². The van der Waals surface area contributed by atoms with Crippen LogP contribution >= 0.6 is 0 Å². The van der Waals surface area contributed by atoms with Crippen LogP contribution in [0, 0.1) is 11.8 Å². The number of hydrogen-bond acceptors (Lipinski definition) is 1. The molecule has 0 saturated carbocycles. The molecule has 0 aromatic heterocycles. The maximum absolute atomic E-state index is 5.91. The second kappa shape index (κ2) is 4.06. The van der Waals surface area contributed by atoms with Crippen molar-refractivity contribution in [3.63, 3.8) is 0 Å². The summed E-state index contributed by atoms with van der Waals surface area (Å²) in [6.45, 7) is 5.43. The van der Waals surface area contributed by atoms with Gasteiger partial charge in [0.05, 0.1) is 6.61 Å². The van der Waals surface area contributed by atoms with E-state index in [-0.39, 0.29) is 0 Å². The molecule has 0 bridgehead atoms. The fourth-order valence-electron chi connectivity index (χ4n) is 2.61. The van der Waals surface area contributed by atoms with Crippen LogP contribution in [0.25, 0.3) is 10.8 Å². The number of rotatable bonds is 1. The third-order valence-electron chi connectivity index (χ3n) is 3.86. The van der Waals surface area contributed by atoms with Crippen molar-refractivity contribution in [2.75, 3.05) is 6.61 Å². The predicted molar refractivity (Wildman–Crippen MR) is 71.5 cm³/mol. The molecule has 0 radical (unpaired) electrons. The van der Waals surface area contributed by atoms with Crippen LogP contribution in [0.3, 0.4) is 0 Å². The second-order valence-electron chi connectivity index (χ2n) is 5.28. The van der Waals surface area contributed by atoms with Crippen molar-refractivity contribution in [2.24, 2.45) is 11.8 Å². The maximum atomic E-state index is 5.91. The quantitative estimate of drug-likeness (QED) is 0.713. The van der Waals surface area contributed by atoms with Crippen LogP contribution in [0.2, 0.25) is 0 Å². The van der Waals surface area contributed by atoms with Gasteiger partial charge in [-0.05, 0) is 35.1 Å². The average molecular weight is 226 g/mol. The summed E-state index contributed by atoms with van der Waals surface area (Å²) in [5.41, 5.74) is 1.40. The Kier molecular flexibility index (Phi) is 2.54. The van der Waals surface area contributed by atoms with E-state index in [2.05, 4.69) is 50.2 Å². The van der Waals surface area contributed by atoms with Gasteiger partial charge in [0.15, 0.2) is 0 Å². The van der Waals surface area contributed by atoms with Crippen molar-refractivity contribution < 1.29 is 4.74 Å². The Morgan fingerprint density at radius 3 is 2.76 bits per heavy atom. The maximum Gasteiger partial charge on any atom is 0.123 e. The lowest BCUT2D eigenvalue weighted by Gasteiger charge is -2.28. The third-order valence-corrected chi connectivity index (χ3v) is 3.86. The molecule has 0 spiro atoms. The first-order valence-corrected chi connectivity index (χ1v) is 6.39. The minimum atomic E-state index is 0.647. The zero-order valence-corrected chi connectivity index (χ0v) is 10.4. The Bertz CT molecular complexity index is 542. The molecule has 0 fully saturated rings. The Morgan fingerprint density at radius 2 is 1.94 bits per heavy atom. The predicted octanol–water partition coefficient (Wildman–Crippen LogP) is 4.05. The summed E-state index contributed by atoms with van der Waals surface area (Å²) in [6.07, 6.45) is 1.15. The highest BCUT2D eigenvalue weighted by Gasteiger charge is 2.23. The summed E-state index contributed by atoms with van der Waals surface area (Å²) in [7, 11) is 0. The molecule has 2 aromatic carbocycles. The number of hydrogen-bond donors (Lipinski definition) is 0. The van der Waals surface area contributed by atoms with Gasteiger partial charge in [-0.15, -0.1) is 0 Å². The molecule has 1 nitrogen and oxygen atoms in total. The van der Waals surface area contributed by atoms with Gasteiger partial charge in [-0.25, -0.2) is 0 Å². The highest BCUT2D eigenvalue weighted by Crippen LogP contribution is 2.35. The van der Waals surface area contributed by atoms with E-state index in [1.54, 1.807) is 0 Å². The lowest BCUT2D eigenvalue weighted by atomic mass is 9.86. The molecule has 2 aromatic rings. The van der Waals surface area contributed by atoms with Crippen molar-refractivity contribution in [3.05, 3.63) is 42.0 Å². The molecule has 1 heteroatoms. The van der Waals surface area contributed by atoms with Gasteiger partial charge in [0.25, 0.3) is 0 Å². The second-order valence-corrected chi connectivity index (χ2v) is 5.28. The summed E-state index contributed by atoms with van der Waals surface area (Å²) in [4.78, 5) is 0. The smallest absolute Gasteiger partial charge is 0.123 e. The number of benzene rings is 2. The lowest BCUT2D eigenvalue weighted by molar-refractivity contribution is 0.186. The first-order chi connectivity index (χ1) is 8.25. The van der Waals surface area contributed by atoms with E-state index >= 15 is 0 Å². The van der Waals surface area contributed by atoms with Gasteiger partial charge < -0.3 is 4.74 Å². The van der Waals surface area contributed by atoms with Crippen LogP contribution in [0.4, 0.5) is 0 Å². The molecule has 1 aliphatic heterocycles. The van der Waals surface area contributed by atoms with Crippen LogP contribution in [-0.4, -0.2) is 6.61 Å². The molecule has 1 unspecified atom stereocenters. The molecule has 3 rings (SSSR count). The van der Waals surface area contributed by atoms with Gasteiger partial charge in [-0.3, -0.25) is 0 Å². The Balaban J connectivity index is 2.12. The summed E-state index contributed by atoms with van der Waals surface area (Å²) in [5, 5.41) is 2.68. The van der Waals surface area contributed by atoms with Gasteiger partial charge in [-0.2, -0.15) is 0 Å². The van der Waals surface area contributed by atoms with E-state index in [9.17, 15) is 0 Å². The van der Waals surface area contributed by atoms with E-state index in [1.165, 1.54) is 16.3 Å². The number of fused-ring (bicyclic) bond motifs is 3. The minimum Gasteiger partial charge on any atom is -0.493 e. The van der Waals surface area contributed by atoms with Gasteiger partial charge in [-0.1, -0.05) is 44.2 Å². The molecular formula is C16H18O. The van der Waals surface area contributed by atoms with Crippen LogP contribution in [0.5, 0.6) is 5.75 Å². The lowest BCUT2D eigenvalue weighted by Crippen LogP contribution is -2.25. The zero-order valence-electron chi connectivity index (χ0n) is 10.4. The van der Waals surface area contributed by atoms with Crippen molar-refractivity contribution >= 4 is 10.8 Å². The standard InChI is InChI=1S/C16H18O/c1-11(2)13-9-15-14-6-4-3-5-12(14)7-8-16(15)17-10-13/h3-8,11,13H,9-10H2,1-2H3. The van der Waals surface area contributed by atoms with Crippen molar-refractivity contribution in [3.8, 4) is 5.75 Å². The topological polar surface area (TPSA) is 9.23 Å². The Hall–Kier alpha value is -1.50. The third kappa shape index (κ3) is 1.80. The molecule has 1 heterocycles. The van der Waals surface area contributed by atoms with E-state index in [1.807, 2.05) is 0 Å². The highest BCUT2D eigenvalue weighted by molar-refractivity contribution is 5.87. The van der Waals surface area contributed by atoms with Gasteiger partial charge in [0, 0.05) is 5.56 Å². The summed E-state index contributed by atoms with van der Waals surface area (Å²) in [6, 6.07) is 12.9. The SMILES string of the molecule is CC(C)C1COc2ccc3ccccc3c2C1. The largest absolute Gasteiger partial charge is 0.493 e. The van der Waals surface area contributed by atoms with E-state index in [0.717, 1.165) is 18.8 Å². The monoisotopic (exact) mass is 226 g/mol. The normalized spacial score (nSPS) is 19.1. The molecule has 0 saturated heterocycles. The fraction of sp³-hybridized carbons (Fsp3) is 0.375. The van der Waals surface area contributed by atoms with Crippen LogP contribution in [-0.2, 0) is 6.42 Å². The van der Waals surface area contributed by atoms with Gasteiger partial charge in [0.2, 0.25) is 0 Å². The molecule has 17 heavy (non-hydrogen) atoms. The summed E-state index contributed by atoms with van der Waals surface area (Å²) in [5.74, 6) is 2.41. The molecule has 1 aliphatic rings. The zero-order chi connectivity index (χ0) is 11.8. The van der Waals surface area contributed by atoms with Crippen molar-refractivity contribution in [1.29, 1.82) is 0 Å².